The third kappa shape index (κ3) is 3.00. The minimum Gasteiger partial charge on any atom is -0.854 e. The van der Waals surface area contributed by atoms with Crippen molar-refractivity contribution in [3.63, 3.8) is 0 Å². The SMILES string of the molecule is [O-]/C(=N\[n+]1ccc2ccccc2c1-c1ccccc1)c1ccccc1. The third-order valence-corrected chi connectivity index (χ3v) is 4.11. The number of benzene rings is 3. The van der Waals surface area contributed by atoms with Gasteiger partial charge in [-0.2, -0.15) is 0 Å². The molecule has 0 saturated carbocycles. The average molecular weight is 324 g/mol. The van der Waals surface area contributed by atoms with E-state index < -0.39 is 0 Å². The standard InChI is InChI=1S/C22H16N2O/c25-22(19-12-5-2-6-13-19)23-24-16-15-17-9-7-8-14-20(17)21(24)18-10-3-1-4-11-18/h1-16H. The maximum Gasteiger partial charge on any atom is 0.252 e. The molecular formula is C22H16N2O. The van der Waals surface area contributed by atoms with Crippen LogP contribution in [0.15, 0.2) is 102 Å². The Morgan fingerprint density at radius 3 is 2.12 bits per heavy atom. The van der Waals surface area contributed by atoms with E-state index in [2.05, 4.69) is 17.2 Å². The molecule has 0 amide bonds. The molecule has 3 nitrogen and oxygen atoms in total. The molecule has 0 atom stereocenters. The van der Waals surface area contributed by atoms with Gasteiger partial charge in [-0.15, -0.1) is 0 Å². The fraction of sp³-hybridized carbons (Fsp3) is 0. The van der Waals surface area contributed by atoms with Crippen molar-refractivity contribution in [2.24, 2.45) is 5.10 Å². The second-order valence-electron chi connectivity index (χ2n) is 5.73. The summed E-state index contributed by atoms with van der Waals surface area (Å²) in [6.07, 6.45) is 1.84. The van der Waals surface area contributed by atoms with E-state index in [1.54, 1.807) is 16.8 Å². The van der Waals surface area contributed by atoms with Gasteiger partial charge in [0.05, 0.1) is 11.3 Å². The van der Waals surface area contributed by atoms with Gasteiger partial charge in [0, 0.05) is 11.6 Å². The van der Waals surface area contributed by atoms with E-state index in [9.17, 15) is 5.11 Å². The van der Waals surface area contributed by atoms with Gasteiger partial charge in [-0.05, 0) is 34.3 Å². The Morgan fingerprint density at radius 2 is 1.36 bits per heavy atom. The lowest BCUT2D eigenvalue weighted by molar-refractivity contribution is -0.669. The molecule has 3 aromatic carbocycles. The summed E-state index contributed by atoms with van der Waals surface area (Å²) in [5, 5.41) is 19.0. The lowest BCUT2D eigenvalue weighted by Crippen LogP contribution is -2.36. The zero-order valence-corrected chi connectivity index (χ0v) is 13.5. The van der Waals surface area contributed by atoms with Crippen LogP contribution in [0.2, 0.25) is 0 Å². The van der Waals surface area contributed by atoms with E-state index >= 15 is 0 Å². The van der Waals surface area contributed by atoms with Crippen molar-refractivity contribution in [1.29, 1.82) is 0 Å². The van der Waals surface area contributed by atoms with Crippen molar-refractivity contribution in [2.45, 2.75) is 0 Å². The Morgan fingerprint density at radius 1 is 0.720 bits per heavy atom. The maximum atomic E-state index is 12.5. The van der Waals surface area contributed by atoms with Gasteiger partial charge in [0.1, 0.15) is 0 Å². The molecule has 0 saturated heterocycles. The molecule has 0 radical (unpaired) electrons. The van der Waals surface area contributed by atoms with E-state index in [0.717, 1.165) is 22.0 Å². The predicted octanol–water partition coefficient (Wildman–Crippen LogP) is 3.36. The zero-order valence-electron chi connectivity index (χ0n) is 13.5. The van der Waals surface area contributed by atoms with E-state index in [-0.39, 0.29) is 5.90 Å². The predicted molar refractivity (Wildman–Crippen MR) is 98.0 cm³/mol. The van der Waals surface area contributed by atoms with Gasteiger partial charge in [0.25, 0.3) is 5.69 Å². The van der Waals surface area contributed by atoms with Crippen LogP contribution in [0, 0.1) is 0 Å². The monoisotopic (exact) mass is 324 g/mol. The number of rotatable bonds is 3. The summed E-state index contributed by atoms with van der Waals surface area (Å²) in [7, 11) is 0. The van der Waals surface area contributed by atoms with Crippen LogP contribution in [0.3, 0.4) is 0 Å². The van der Waals surface area contributed by atoms with Crippen molar-refractivity contribution in [3.05, 3.63) is 103 Å². The third-order valence-electron chi connectivity index (χ3n) is 4.11. The van der Waals surface area contributed by atoms with Gasteiger partial charge in [-0.1, -0.05) is 71.4 Å². The molecule has 3 heteroatoms. The Labute approximate surface area is 146 Å². The number of fused-ring (bicyclic) bond motifs is 1. The summed E-state index contributed by atoms with van der Waals surface area (Å²) in [6.45, 7) is 0. The van der Waals surface area contributed by atoms with Gasteiger partial charge in [-0.3, -0.25) is 0 Å². The van der Waals surface area contributed by atoms with Gasteiger partial charge >= 0.3 is 0 Å². The summed E-state index contributed by atoms with van der Waals surface area (Å²) in [6, 6.07) is 29.2. The molecule has 25 heavy (non-hydrogen) atoms. The maximum absolute atomic E-state index is 12.5. The molecule has 1 heterocycles. The lowest BCUT2D eigenvalue weighted by Gasteiger charge is -2.09. The van der Waals surface area contributed by atoms with Gasteiger partial charge < -0.3 is 5.11 Å². The van der Waals surface area contributed by atoms with Crippen molar-refractivity contribution in [2.75, 3.05) is 0 Å². The first-order valence-electron chi connectivity index (χ1n) is 8.13. The lowest BCUT2D eigenvalue weighted by atomic mass is 10.0. The van der Waals surface area contributed by atoms with E-state index in [1.165, 1.54) is 0 Å². The molecule has 0 aliphatic heterocycles. The summed E-state index contributed by atoms with van der Waals surface area (Å²) < 4.78 is 1.67. The quantitative estimate of drug-likeness (QED) is 0.323. The Kier molecular flexibility index (Phi) is 3.97. The van der Waals surface area contributed by atoms with Crippen LogP contribution < -0.4 is 9.78 Å². The highest BCUT2D eigenvalue weighted by molar-refractivity contribution is 5.93. The molecule has 0 unspecified atom stereocenters. The highest BCUT2D eigenvalue weighted by Gasteiger charge is 2.17. The van der Waals surface area contributed by atoms with Crippen LogP contribution >= 0.6 is 0 Å². The molecule has 0 aliphatic carbocycles. The van der Waals surface area contributed by atoms with Crippen molar-refractivity contribution >= 4 is 16.7 Å². The van der Waals surface area contributed by atoms with Crippen molar-refractivity contribution in [3.8, 4) is 11.3 Å². The normalized spacial score (nSPS) is 11.6. The Balaban J connectivity index is 1.95. The van der Waals surface area contributed by atoms with Crippen LogP contribution in [0.4, 0.5) is 0 Å². The second-order valence-corrected chi connectivity index (χ2v) is 5.73. The molecule has 1 aromatic heterocycles. The van der Waals surface area contributed by atoms with E-state index in [1.807, 2.05) is 72.9 Å². The van der Waals surface area contributed by atoms with Crippen molar-refractivity contribution in [1.82, 2.24) is 0 Å². The minimum absolute atomic E-state index is 0.266. The topological polar surface area (TPSA) is 39.3 Å². The fourth-order valence-electron chi connectivity index (χ4n) is 2.91. The van der Waals surface area contributed by atoms with Crippen LogP contribution in [-0.4, -0.2) is 5.90 Å². The highest BCUT2D eigenvalue weighted by Crippen LogP contribution is 2.25. The number of hydrogen-bond acceptors (Lipinski definition) is 2. The Bertz CT molecular complexity index is 1040. The smallest absolute Gasteiger partial charge is 0.252 e. The first-order valence-corrected chi connectivity index (χ1v) is 8.13. The Hall–Kier alpha value is -3.46. The fourth-order valence-corrected chi connectivity index (χ4v) is 2.91. The summed E-state index contributed by atoms with van der Waals surface area (Å²) >= 11 is 0. The van der Waals surface area contributed by atoms with Gasteiger partial charge in [0.15, 0.2) is 0 Å². The van der Waals surface area contributed by atoms with E-state index in [4.69, 9.17) is 0 Å². The van der Waals surface area contributed by atoms with Crippen LogP contribution in [0.5, 0.6) is 0 Å². The molecule has 0 bridgehead atoms. The summed E-state index contributed by atoms with van der Waals surface area (Å²) in [4.78, 5) is 0. The first-order chi connectivity index (χ1) is 12.3. The van der Waals surface area contributed by atoms with Crippen molar-refractivity contribution < 1.29 is 9.78 Å². The van der Waals surface area contributed by atoms with Gasteiger partial charge in [0.2, 0.25) is 6.20 Å². The zero-order chi connectivity index (χ0) is 17.1. The molecule has 4 aromatic rings. The van der Waals surface area contributed by atoms with Gasteiger partial charge in [-0.25, -0.2) is 0 Å². The molecule has 120 valence electrons. The largest absolute Gasteiger partial charge is 0.854 e. The summed E-state index contributed by atoms with van der Waals surface area (Å²) in [5.74, 6) is -0.266. The summed E-state index contributed by atoms with van der Waals surface area (Å²) in [5.41, 5.74) is 2.49. The molecule has 4 rings (SSSR count). The average Bonchev–Trinajstić information content (AvgIpc) is 2.69. The minimum atomic E-state index is -0.266. The second kappa shape index (κ2) is 6.57. The number of nitrogens with zero attached hydrogens (tertiary/aromatic N) is 2. The molecule has 0 aliphatic rings. The highest BCUT2D eigenvalue weighted by atomic mass is 16.3. The molecule has 0 N–H and O–H groups in total. The van der Waals surface area contributed by atoms with Crippen LogP contribution in [0.1, 0.15) is 5.56 Å². The van der Waals surface area contributed by atoms with Crippen LogP contribution in [0.25, 0.3) is 22.0 Å². The van der Waals surface area contributed by atoms with E-state index in [0.29, 0.717) is 5.56 Å². The molecular weight excluding hydrogens is 308 g/mol. The number of aromatic nitrogens is 1. The number of hydrogen-bond donors (Lipinski definition) is 0. The first kappa shape index (κ1) is 15.1. The number of pyridine rings is 1. The molecule has 0 fully saturated rings. The molecule has 0 spiro atoms. The van der Waals surface area contributed by atoms with Crippen LogP contribution in [-0.2, 0) is 0 Å².